The van der Waals surface area contributed by atoms with E-state index in [0.717, 1.165) is 36.1 Å². The number of rotatable bonds is 9. The summed E-state index contributed by atoms with van der Waals surface area (Å²) in [5.74, 6) is 1.31. The van der Waals surface area contributed by atoms with Gasteiger partial charge in [0, 0.05) is 37.5 Å². The number of hydrogen-bond acceptors (Lipinski definition) is 5. The first-order chi connectivity index (χ1) is 11.1. The number of para-hydroxylation sites is 1. The second-order valence-electron chi connectivity index (χ2n) is 5.68. The minimum absolute atomic E-state index is 0.345. The highest BCUT2D eigenvalue weighted by Gasteiger charge is 2.12. The van der Waals surface area contributed by atoms with Crippen LogP contribution in [0.2, 0.25) is 0 Å². The van der Waals surface area contributed by atoms with Crippen molar-refractivity contribution in [1.82, 2.24) is 4.98 Å². The van der Waals surface area contributed by atoms with Crippen LogP contribution in [0.15, 0.2) is 24.3 Å². The van der Waals surface area contributed by atoms with E-state index in [4.69, 9.17) is 9.47 Å². The van der Waals surface area contributed by atoms with Gasteiger partial charge in [-0.25, -0.2) is 4.98 Å². The molecule has 1 aromatic carbocycles. The minimum atomic E-state index is 0.345. The summed E-state index contributed by atoms with van der Waals surface area (Å²) >= 11 is 1.71. The van der Waals surface area contributed by atoms with Crippen LogP contribution in [0, 0.1) is 13.8 Å². The number of hydrogen-bond donors (Lipinski definition) is 1. The van der Waals surface area contributed by atoms with E-state index in [1.165, 1.54) is 10.4 Å². The SMILES string of the molecule is COCCCOc1ccccc1C(C)CNc1nc(C)c(C)s1. The maximum absolute atomic E-state index is 5.91. The minimum Gasteiger partial charge on any atom is -0.493 e. The molecule has 0 amide bonds. The van der Waals surface area contributed by atoms with Gasteiger partial charge in [0.15, 0.2) is 5.13 Å². The van der Waals surface area contributed by atoms with Crippen LogP contribution in [0.3, 0.4) is 0 Å². The highest BCUT2D eigenvalue weighted by Crippen LogP contribution is 2.28. The first kappa shape index (κ1) is 17.8. The molecule has 126 valence electrons. The average molecular weight is 334 g/mol. The molecule has 4 nitrogen and oxygen atoms in total. The lowest BCUT2D eigenvalue weighted by Gasteiger charge is -2.17. The molecule has 0 bridgehead atoms. The molecule has 0 fully saturated rings. The molecule has 0 radical (unpaired) electrons. The molecule has 0 spiro atoms. The number of aromatic nitrogens is 1. The molecule has 0 aliphatic rings. The molecule has 1 N–H and O–H groups in total. The van der Waals surface area contributed by atoms with Gasteiger partial charge in [0.25, 0.3) is 0 Å². The van der Waals surface area contributed by atoms with Gasteiger partial charge in [0.2, 0.25) is 0 Å². The Hall–Kier alpha value is -1.59. The van der Waals surface area contributed by atoms with E-state index in [1.54, 1.807) is 18.4 Å². The van der Waals surface area contributed by atoms with Gasteiger partial charge in [-0.15, -0.1) is 11.3 Å². The van der Waals surface area contributed by atoms with Gasteiger partial charge in [-0.05, 0) is 25.5 Å². The predicted octanol–water partition coefficient (Wildman–Crippen LogP) is 4.39. The Morgan fingerprint density at radius 1 is 1.22 bits per heavy atom. The fourth-order valence-corrected chi connectivity index (χ4v) is 3.12. The van der Waals surface area contributed by atoms with Gasteiger partial charge < -0.3 is 14.8 Å². The van der Waals surface area contributed by atoms with Crippen molar-refractivity contribution in [3.05, 3.63) is 40.4 Å². The van der Waals surface area contributed by atoms with Crippen molar-refractivity contribution in [3.63, 3.8) is 0 Å². The molecule has 1 unspecified atom stereocenters. The van der Waals surface area contributed by atoms with Crippen molar-refractivity contribution in [1.29, 1.82) is 0 Å². The van der Waals surface area contributed by atoms with Crippen molar-refractivity contribution in [2.24, 2.45) is 0 Å². The molecule has 2 aromatic rings. The van der Waals surface area contributed by atoms with Crippen LogP contribution in [-0.4, -0.2) is 31.9 Å². The fraction of sp³-hybridized carbons (Fsp3) is 0.500. The summed E-state index contributed by atoms with van der Waals surface area (Å²) in [5.41, 5.74) is 2.33. The molecule has 0 saturated carbocycles. The molecule has 0 aliphatic heterocycles. The molecule has 1 atom stereocenters. The zero-order valence-corrected chi connectivity index (χ0v) is 15.2. The highest BCUT2D eigenvalue weighted by atomic mass is 32.1. The van der Waals surface area contributed by atoms with E-state index < -0.39 is 0 Å². The Morgan fingerprint density at radius 3 is 2.70 bits per heavy atom. The Labute approximate surface area is 142 Å². The zero-order chi connectivity index (χ0) is 16.7. The third kappa shape index (κ3) is 5.22. The van der Waals surface area contributed by atoms with Crippen LogP contribution in [0.25, 0.3) is 0 Å². The van der Waals surface area contributed by atoms with Gasteiger partial charge in [-0.3, -0.25) is 0 Å². The number of aryl methyl sites for hydroxylation is 2. The Balaban J connectivity index is 1.94. The molecular formula is C18H26N2O2S. The second-order valence-corrected chi connectivity index (χ2v) is 6.88. The van der Waals surface area contributed by atoms with E-state index in [0.29, 0.717) is 12.5 Å². The maximum Gasteiger partial charge on any atom is 0.183 e. The topological polar surface area (TPSA) is 43.4 Å². The quantitative estimate of drug-likeness (QED) is 0.691. The van der Waals surface area contributed by atoms with E-state index in [-0.39, 0.29) is 0 Å². The third-order valence-electron chi connectivity index (χ3n) is 3.79. The van der Waals surface area contributed by atoms with Gasteiger partial charge in [-0.1, -0.05) is 25.1 Å². The predicted molar refractivity (Wildman–Crippen MR) is 96.9 cm³/mol. The Morgan fingerprint density at radius 2 is 2.00 bits per heavy atom. The van der Waals surface area contributed by atoms with Crippen molar-refractivity contribution in [2.75, 3.05) is 32.2 Å². The number of methoxy groups -OCH3 is 1. The van der Waals surface area contributed by atoms with Gasteiger partial charge in [0.1, 0.15) is 5.75 Å². The maximum atomic E-state index is 5.91. The standard InChI is InChI=1S/C18H26N2O2S/c1-13(12-19-18-20-14(2)15(3)23-18)16-8-5-6-9-17(16)22-11-7-10-21-4/h5-6,8-9,13H,7,10-12H2,1-4H3,(H,19,20). The molecule has 23 heavy (non-hydrogen) atoms. The second kappa shape index (κ2) is 8.89. The monoisotopic (exact) mass is 334 g/mol. The van der Waals surface area contributed by atoms with Crippen molar-refractivity contribution < 1.29 is 9.47 Å². The molecule has 2 rings (SSSR count). The van der Waals surface area contributed by atoms with Crippen LogP contribution in [0.5, 0.6) is 5.75 Å². The average Bonchev–Trinajstić information content (AvgIpc) is 2.88. The first-order valence-corrected chi connectivity index (χ1v) is 8.82. The van der Waals surface area contributed by atoms with Crippen LogP contribution < -0.4 is 10.1 Å². The van der Waals surface area contributed by atoms with Crippen LogP contribution in [0.1, 0.15) is 35.4 Å². The summed E-state index contributed by atoms with van der Waals surface area (Å²) in [6.07, 6.45) is 0.898. The summed E-state index contributed by atoms with van der Waals surface area (Å²) in [4.78, 5) is 5.80. The molecule has 0 saturated heterocycles. The Kier molecular flexibility index (Phi) is 6.86. The first-order valence-electron chi connectivity index (χ1n) is 8.00. The number of nitrogens with one attached hydrogen (secondary N) is 1. The summed E-state index contributed by atoms with van der Waals surface area (Å²) < 4.78 is 11.0. The Bertz CT molecular complexity index is 593. The number of anilines is 1. The lowest BCUT2D eigenvalue weighted by Crippen LogP contribution is -2.11. The van der Waals surface area contributed by atoms with Crippen LogP contribution >= 0.6 is 11.3 Å². The summed E-state index contributed by atoms with van der Waals surface area (Å²) in [5, 5.41) is 4.43. The lowest BCUT2D eigenvalue weighted by molar-refractivity contribution is 0.171. The molecule has 1 heterocycles. The largest absolute Gasteiger partial charge is 0.493 e. The summed E-state index contributed by atoms with van der Waals surface area (Å²) in [6.45, 7) is 8.59. The zero-order valence-electron chi connectivity index (χ0n) is 14.4. The van der Waals surface area contributed by atoms with E-state index in [1.807, 2.05) is 19.1 Å². The van der Waals surface area contributed by atoms with Gasteiger partial charge in [0.05, 0.1) is 12.3 Å². The van der Waals surface area contributed by atoms with Crippen molar-refractivity contribution in [2.45, 2.75) is 33.1 Å². The van der Waals surface area contributed by atoms with Gasteiger partial charge >= 0.3 is 0 Å². The summed E-state index contributed by atoms with van der Waals surface area (Å²) in [6, 6.07) is 8.25. The van der Waals surface area contributed by atoms with Crippen molar-refractivity contribution >= 4 is 16.5 Å². The molecular weight excluding hydrogens is 308 g/mol. The van der Waals surface area contributed by atoms with E-state index in [2.05, 4.69) is 36.3 Å². The summed E-state index contributed by atoms with van der Waals surface area (Å²) in [7, 11) is 1.71. The van der Waals surface area contributed by atoms with E-state index in [9.17, 15) is 0 Å². The number of nitrogens with zero attached hydrogens (tertiary/aromatic N) is 1. The smallest absolute Gasteiger partial charge is 0.183 e. The van der Waals surface area contributed by atoms with E-state index >= 15 is 0 Å². The number of benzene rings is 1. The van der Waals surface area contributed by atoms with Crippen molar-refractivity contribution in [3.8, 4) is 5.75 Å². The normalized spacial score (nSPS) is 12.2. The fourth-order valence-electron chi connectivity index (χ4n) is 2.30. The number of ether oxygens (including phenoxy) is 2. The number of thiazole rings is 1. The third-order valence-corrected chi connectivity index (χ3v) is 4.82. The molecule has 1 aromatic heterocycles. The lowest BCUT2D eigenvalue weighted by atomic mass is 10.0. The molecule has 5 heteroatoms. The highest BCUT2D eigenvalue weighted by molar-refractivity contribution is 7.15. The van der Waals surface area contributed by atoms with Crippen LogP contribution in [-0.2, 0) is 4.74 Å². The van der Waals surface area contributed by atoms with Crippen LogP contribution in [0.4, 0.5) is 5.13 Å². The van der Waals surface area contributed by atoms with Gasteiger partial charge in [-0.2, -0.15) is 0 Å². The molecule has 0 aliphatic carbocycles.